The second-order valence-electron chi connectivity index (χ2n) is 5.90. The van der Waals surface area contributed by atoms with E-state index >= 15 is 0 Å². The number of terminal acetylenes is 1. The highest BCUT2D eigenvalue weighted by atomic mass is 15.0. The third-order valence-corrected chi connectivity index (χ3v) is 3.41. The molecular weight excluding hydrogens is 184 g/mol. The monoisotopic (exact) mass is 208 g/mol. The Balaban J connectivity index is 2.75. The van der Waals surface area contributed by atoms with Gasteiger partial charge in [-0.05, 0) is 30.6 Å². The van der Waals surface area contributed by atoms with E-state index in [1.165, 1.54) is 6.42 Å². The molecule has 1 saturated carbocycles. The van der Waals surface area contributed by atoms with Crippen molar-refractivity contribution in [3.8, 4) is 12.3 Å². The fraction of sp³-hybridized carbons (Fsp3) is 0.846. The lowest BCUT2D eigenvalue weighted by Crippen LogP contribution is -2.57. The Morgan fingerprint density at radius 3 is 2.60 bits per heavy atom. The Morgan fingerprint density at radius 2 is 2.13 bits per heavy atom. The Bertz CT molecular complexity index is 252. The van der Waals surface area contributed by atoms with Crippen LogP contribution in [-0.2, 0) is 0 Å². The molecule has 1 rings (SSSR count). The van der Waals surface area contributed by atoms with Crippen LogP contribution in [0.25, 0.3) is 0 Å². The summed E-state index contributed by atoms with van der Waals surface area (Å²) in [7, 11) is 0. The molecule has 0 aliphatic heterocycles. The summed E-state index contributed by atoms with van der Waals surface area (Å²) in [4.78, 5) is 0. The molecule has 0 heterocycles. The smallest absolute Gasteiger partial charge is 0.0578 e. The fourth-order valence-electron chi connectivity index (χ4n) is 3.34. The average molecular weight is 208 g/mol. The fourth-order valence-corrected chi connectivity index (χ4v) is 3.34. The summed E-state index contributed by atoms with van der Waals surface area (Å²) < 4.78 is 0. The van der Waals surface area contributed by atoms with Gasteiger partial charge in [-0.25, -0.2) is 0 Å². The van der Waals surface area contributed by atoms with Gasteiger partial charge in [0.15, 0.2) is 0 Å². The van der Waals surface area contributed by atoms with Crippen molar-refractivity contribution >= 4 is 0 Å². The van der Waals surface area contributed by atoms with Crippen molar-refractivity contribution in [1.82, 2.24) is 5.32 Å². The Labute approximate surface area is 94.0 Å². The number of nitrogens with two attached hydrogens (primary N) is 1. The van der Waals surface area contributed by atoms with E-state index in [0.717, 1.165) is 18.8 Å². The lowest BCUT2D eigenvalue weighted by molar-refractivity contribution is 0.0894. The average Bonchev–Trinajstić information content (AvgIpc) is 2.11. The first-order chi connectivity index (χ1) is 6.93. The summed E-state index contributed by atoms with van der Waals surface area (Å²) in [6.07, 6.45) is 8.87. The molecule has 1 fully saturated rings. The first kappa shape index (κ1) is 12.5. The van der Waals surface area contributed by atoms with Gasteiger partial charge in [0.25, 0.3) is 0 Å². The maximum atomic E-state index is 5.93. The van der Waals surface area contributed by atoms with Crippen molar-refractivity contribution in [2.75, 3.05) is 13.1 Å². The summed E-state index contributed by atoms with van der Waals surface area (Å²) in [6, 6.07) is 0. The minimum atomic E-state index is 0.0630. The summed E-state index contributed by atoms with van der Waals surface area (Å²) in [5.74, 6) is 3.37. The predicted octanol–water partition coefficient (Wildman–Crippen LogP) is 1.75. The van der Waals surface area contributed by atoms with Crippen LogP contribution in [0.1, 0.15) is 40.0 Å². The van der Waals surface area contributed by atoms with Crippen LogP contribution in [0.4, 0.5) is 0 Å². The summed E-state index contributed by atoms with van der Waals surface area (Å²) in [5.41, 5.74) is 6.37. The van der Waals surface area contributed by atoms with E-state index in [-0.39, 0.29) is 5.54 Å². The van der Waals surface area contributed by atoms with E-state index in [4.69, 9.17) is 12.2 Å². The molecule has 2 nitrogen and oxygen atoms in total. The SMILES string of the molecule is C#CCNC1(CN)CC(C)CC(C)(C)C1. The van der Waals surface area contributed by atoms with Crippen LogP contribution >= 0.6 is 0 Å². The maximum absolute atomic E-state index is 5.93. The first-order valence-electron chi connectivity index (χ1n) is 5.82. The predicted molar refractivity (Wildman–Crippen MR) is 65.4 cm³/mol. The largest absolute Gasteiger partial charge is 0.329 e. The molecule has 86 valence electrons. The topological polar surface area (TPSA) is 38.0 Å². The van der Waals surface area contributed by atoms with E-state index in [1.807, 2.05) is 0 Å². The quantitative estimate of drug-likeness (QED) is 0.694. The molecule has 2 heteroatoms. The van der Waals surface area contributed by atoms with Gasteiger partial charge >= 0.3 is 0 Å². The highest BCUT2D eigenvalue weighted by Gasteiger charge is 2.41. The van der Waals surface area contributed by atoms with E-state index in [0.29, 0.717) is 18.5 Å². The van der Waals surface area contributed by atoms with Gasteiger partial charge in [-0.1, -0.05) is 26.7 Å². The van der Waals surface area contributed by atoms with Crippen molar-refractivity contribution < 1.29 is 0 Å². The molecule has 0 radical (unpaired) electrons. The zero-order valence-electron chi connectivity index (χ0n) is 10.3. The van der Waals surface area contributed by atoms with Crippen molar-refractivity contribution in [2.24, 2.45) is 17.1 Å². The summed E-state index contributed by atoms with van der Waals surface area (Å²) >= 11 is 0. The molecule has 0 saturated heterocycles. The first-order valence-corrected chi connectivity index (χ1v) is 5.82. The number of nitrogens with one attached hydrogen (secondary N) is 1. The highest BCUT2D eigenvalue weighted by molar-refractivity contribution is 5.02. The van der Waals surface area contributed by atoms with Crippen molar-refractivity contribution in [2.45, 2.75) is 45.6 Å². The normalized spacial score (nSPS) is 34.7. The van der Waals surface area contributed by atoms with Crippen LogP contribution in [0.5, 0.6) is 0 Å². The van der Waals surface area contributed by atoms with Gasteiger partial charge in [0, 0.05) is 12.1 Å². The van der Waals surface area contributed by atoms with Crippen LogP contribution < -0.4 is 11.1 Å². The third kappa shape index (κ3) is 3.22. The van der Waals surface area contributed by atoms with Gasteiger partial charge in [-0.2, -0.15) is 0 Å². The van der Waals surface area contributed by atoms with Gasteiger partial charge in [0.1, 0.15) is 0 Å². The molecule has 1 aliphatic rings. The van der Waals surface area contributed by atoms with Gasteiger partial charge in [-0.15, -0.1) is 6.42 Å². The Morgan fingerprint density at radius 1 is 1.47 bits per heavy atom. The van der Waals surface area contributed by atoms with Crippen LogP contribution in [0, 0.1) is 23.7 Å². The van der Waals surface area contributed by atoms with Gasteiger partial charge in [0.05, 0.1) is 6.54 Å². The second-order valence-corrected chi connectivity index (χ2v) is 5.90. The minimum Gasteiger partial charge on any atom is -0.329 e. The second kappa shape index (κ2) is 4.55. The summed E-state index contributed by atoms with van der Waals surface area (Å²) in [6.45, 7) is 8.26. The Kier molecular flexibility index (Phi) is 3.81. The van der Waals surface area contributed by atoms with Gasteiger partial charge in [0.2, 0.25) is 0 Å². The molecule has 15 heavy (non-hydrogen) atoms. The maximum Gasteiger partial charge on any atom is 0.0578 e. The zero-order valence-corrected chi connectivity index (χ0v) is 10.3. The van der Waals surface area contributed by atoms with E-state index < -0.39 is 0 Å². The molecule has 2 atom stereocenters. The standard InChI is InChI=1S/C13H24N2/c1-5-6-15-13(10-14)8-11(2)7-12(3,4)9-13/h1,11,15H,6-10,14H2,2-4H3. The highest BCUT2D eigenvalue weighted by Crippen LogP contribution is 2.43. The zero-order chi connectivity index (χ0) is 11.5. The molecule has 0 amide bonds. The molecule has 0 aromatic rings. The molecule has 2 unspecified atom stereocenters. The van der Waals surface area contributed by atoms with Gasteiger partial charge in [-0.3, -0.25) is 5.32 Å². The van der Waals surface area contributed by atoms with Crippen molar-refractivity contribution in [1.29, 1.82) is 0 Å². The molecule has 0 spiro atoms. The van der Waals surface area contributed by atoms with E-state index in [1.54, 1.807) is 0 Å². The van der Waals surface area contributed by atoms with E-state index in [9.17, 15) is 0 Å². The summed E-state index contributed by atoms with van der Waals surface area (Å²) in [5, 5.41) is 3.46. The lowest BCUT2D eigenvalue weighted by atomic mass is 9.64. The van der Waals surface area contributed by atoms with Crippen molar-refractivity contribution in [3.05, 3.63) is 0 Å². The van der Waals surface area contributed by atoms with Crippen LogP contribution in [-0.4, -0.2) is 18.6 Å². The molecule has 3 N–H and O–H groups in total. The van der Waals surface area contributed by atoms with Crippen LogP contribution in [0.3, 0.4) is 0 Å². The van der Waals surface area contributed by atoms with Crippen LogP contribution in [0.15, 0.2) is 0 Å². The molecular formula is C13H24N2. The lowest BCUT2D eigenvalue weighted by Gasteiger charge is -2.47. The molecule has 0 aromatic carbocycles. The molecule has 0 bridgehead atoms. The van der Waals surface area contributed by atoms with Crippen molar-refractivity contribution in [3.63, 3.8) is 0 Å². The number of rotatable bonds is 3. The Hall–Kier alpha value is -0.520. The number of hydrogen-bond acceptors (Lipinski definition) is 2. The molecule has 1 aliphatic carbocycles. The minimum absolute atomic E-state index is 0.0630. The van der Waals surface area contributed by atoms with E-state index in [2.05, 4.69) is 32.0 Å². The van der Waals surface area contributed by atoms with Crippen LogP contribution in [0.2, 0.25) is 0 Å². The van der Waals surface area contributed by atoms with Gasteiger partial charge < -0.3 is 5.73 Å². The third-order valence-electron chi connectivity index (χ3n) is 3.41. The number of hydrogen-bond donors (Lipinski definition) is 2. The molecule has 0 aromatic heterocycles.